The van der Waals surface area contributed by atoms with Gasteiger partial charge in [-0.2, -0.15) is 0 Å². The number of aliphatic hydroxyl groups excluding tert-OH is 1. The number of hydrogen-bond donors (Lipinski definition) is 10. The molecule has 0 heterocycles. The normalized spacial score (nSPS) is 15.5. The van der Waals surface area contributed by atoms with Crippen LogP contribution in [0.15, 0.2) is 30.3 Å². The number of nitrogens with one attached hydrogen (secondary N) is 7. The van der Waals surface area contributed by atoms with Gasteiger partial charge in [-0.3, -0.25) is 38.4 Å². The Kier molecular flexibility index (Phi) is 22.5. The van der Waals surface area contributed by atoms with Crippen LogP contribution in [0.1, 0.15) is 94.6 Å². The lowest BCUT2D eigenvalue weighted by Crippen LogP contribution is -2.63. The van der Waals surface area contributed by atoms with Crippen molar-refractivity contribution in [3.05, 3.63) is 35.9 Å². The first kappa shape index (κ1) is 52.9. The number of carbonyl (C=O) groups excluding carboxylic acids is 7. The highest BCUT2D eigenvalue weighted by Gasteiger charge is 2.37. The van der Waals surface area contributed by atoms with Crippen molar-refractivity contribution >= 4 is 47.3 Å². The molecule has 0 spiro atoms. The maximum Gasteiger partial charge on any atom is 0.322 e. The van der Waals surface area contributed by atoms with E-state index in [-0.39, 0.29) is 24.7 Å². The standard InChI is InChI=1S/C42H70N8O10/c1-21(2)17-28(43)36(54)45-30(19-27-15-13-12-14-16-27)38(56)48-33(24(7)8)40(58)49-34(25(9)10)41(59)50-35(26(11)51)42(60)46-29(18-22(3)4)37(55)47-32(23(5)6)39(57)44-20-31(52)53/h12-16,21-26,28-30,32-35,51H,17-20,43H2,1-11H3,(H,44,57)(H,45,54)(H,46,60)(H,47,55)(H,48,56)(H,49,58)(H,50,59)(H,52,53)/t26-,28+,29+,30+,32+,33+,34+,35+/m1/s1. The van der Waals surface area contributed by atoms with Crippen LogP contribution < -0.4 is 43.0 Å². The van der Waals surface area contributed by atoms with Crippen molar-refractivity contribution in [2.45, 2.75) is 144 Å². The van der Waals surface area contributed by atoms with Crippen LogP contribution >= 0.6 is 0 Å². The molecule has 1 aromatic rings. The van der Waals surface area contributed by atoms with Crippen molar-refractivity contribution in [1.29, 1.82) is 0 Å². The molecule has 0 aliphatic rings. The number of carboxylic acids is 1. The number of nitrogens with two attached hydrogens (primary N) is 1. The molecular weight excluding hydrogens is 777 g/mol. The third-order valence-corrected chi connectivity index (χ3v) is 9.53. The number of aliphatic hydroxyl groups is 1. The largest absolute Gasteiger partial charge is 0.480 e. The molecule has 0 aromatic heterocycles. The van der Waals surface area contributed by atoms with Gasteiger partial charge in [0.25, 0.3) is 0 Å². The van der Waals surface area contributed by atoms with Gasteiger partial charge in [-0.1, -0.05) is 99.6 Å². The topological polar surface area (TPSA) is 287 Å². The Balaban J connectivity index is 3.27. The molecule has 60 heavy (non-hydrogen) atoms. The summed E-state index contributed by atoms with van der Waals surface area (Å²) in [7, 11) is 0. The average Bonchev–Trinajstić information content (AvgIpc) is 3.14. The predicted octanol–water partition coefficient (Wildman–Crippen LogP) is 0.107. The van der Waals surface area contributed by atoms with E-state index in [0.717, 1.165) is 5.56 Å². The van der Waals surface area contributed by atoms with Crippen molar-refractivity contribution in [2.75, 3.05) is 6.54 Å². The number of benzene rings is 1. The Bertz CT molecular complexity index is 1600. The average molecular weight is 847 g/mol. The summed E-state index contributed by atoms with van der Waals surface area (Å²) in [6, 6.07) is 0.678. The summed E-state index contributed by atoms with van der Waals surface area (Å²) in [5.74, 6) is -7.88. The molecule has 0 fully saturated rings. The van der Waals surface area contributed by atoms with E-state index >= 15 is 0 Å². The molecule has 0 radical (unpaired) electrons. The Morgan fingerprint density at radius 1 is 0.517 bits per heavy atom. The molecule has 18 heteroatoms. The van der Waals surface area contributed by atoms with Gasteiger partial charge >= 0.3 is 5.97 Å². The molecular formula is C42H70N8O10. The van der Waals surface area contributed by atoms with E-state index in [2.05, 4.69) is 37.2 Å². The third kappa shape index (κ3) is 18.4. The van der Waals surface area contributed by atoms with Gasteiger partial charge in [0, 0.05) is 6.42 Å². The van der Waals surface area contributed by atoms with Crippen LogP contribution in [-0.2, 0) is 44.8 Å². The van der Waals surface area contributed by atoms with E-state index in [1.165, 1.54) is 6.92 Å². The second-order valence-corrected chi connectivity index (χ2v) is 17.2. The highest BCUT2D eigenvalue weighted by atomic mass is 16.4. The summed E-state index contributed by atoms with van der Waals surface area (Å²) >= 11 is 0. The van der Waals surface area contributed by atoms with E-state index in [1.54, 1.807) is 79.7 Å². The maximum absolute atomic E-state index is 13.9. The molecule has 0 saturated carbocycles. The smallest absolute Gasteiger partial charge is 0.322 e. The molecule has 0 aliphatic heterocycles. The zero-order chi connectivity index (χ0) is 46.0. The molecule has 0 unspecified atom stereocenters. The van der Waals surface area contributed by atoms with Gasteiger partial charge in [0.2, 0.25) is 41.4 Å². The van der Waals surface area contributed by atoms with E-state index in [1.807, 2.05) is 19.9 Å². The number of carbonyl (C=O) groups is 8. The van der Waals surface area contributed by atoms with E-state index < -0.39 is 120 Å². The number of aliphatic carboxylic acids is 1. The molecule has 11 N–H and O–H groups in total. The minimum Gasteiger partial charge on any atom is -0.480 e. The number of amides is 7. The summed E-state index contributed by atoms with van der Waals surface area (Å²) in [5.41, 5.74) is 6.87. The fourth-order valence-corrected chi connectivity index (χ4v) is 6.19. The van der Waals surface area contributed by atoms with Crippen molar-refractivity contribution in [2.24, 2.45) is 35.3 Å². The first-order valence-corrected chi connectivity index (χ1v) is 20.6. The summed E-state index contributed by atoms with van der Waals surface area (Å²) in [6.07, 6.45) is -0.867. The summed E-state index contributed by atoms with van der Waals surface area (Å²) < 4.78 is 0. The van der Waals surface area contributed by atoms with Crippen molar-refractivity contribution < 1.29 is 48.6 Å². The second-order valence-electron chi connectivity index (χ2n) is 17.2. The van der Waals surface area contributed by atoms with Gasteiger partial charge in [0.15, 0.2) is 0 Å². The fraction of sp³-hybridized carbons (Fsp3) is 0.667. The molecule has 1 rings (SSSR count). The Morgan fingerprint density at radius 2 is 0.917 bits per heavy atom. The van der Waals surface area contributed by atoms with E-state index in [9.17, 15) is 43.5 Å². The number of rotatable bonds is 25. The Hall–Kier alpha value is -5.10. The quantitative estimate of drug-likeness (QED) is 0.0630. The van der Waals surface area contributed by atoms with Crippen LogP contribution in [0.5, 0.6) is 0 Å². The lowest BCUT2D eigenvalue weighted by atomic mass is 9.97. The van der Waals surface area contributed by atoms with Crippen molar-refractivity contribution in [3.63, 3.8) is 0 Å². The SMILES string of the molecule is CC(C)C[C@H](NC(=O)[C@@H](NC(=O)[C@@H](NC(=O)[C@@H](NC(=O)[C@H](Cc1ccccc1)NC(=O)[C@@H](N)CC(C)C)C(C)C)C(C)C)[C@@H](C)O)C(=O)N[C@H](C(=O)NCC(=O)O)C(C)C. The monoisotopic (exact) mass is 847 g/mol. The van der Waals surface area contributed by atoms with Gasteiger partial charge < -0.3 is 53.2 Å². The summed E-state index contributed by atoms with van der Waals surface area (Å²) in [6.45, 7) is 18.0. The van der Waals surface area contributed by atoms with Crippen LogP contribution in [0.25, 0.3) is 0 Å². The molecule has 0 aliphatic carbocycles. The Labute approximate surface area is 354 Å². The van der Waals surface area contributed by atoms with Crippen molar-refractivity contribution in [3.8, 4) is 0 Å². The molecule has 8 atom stereocenters. The second kappa shape index (κ2) is 25.5. The highest BCUT2D eigenvalue weighted by molar-refractivity contribution is 5.97. The molecule has 338 valence electrons. The number of carboxylic acid groups (broad SMARTS) is 1. The first-order valence-electron chi connectivity index (χ1n) is 20.6. The van der Waals surface area contributed by atoms with Crippen molar-refractivity contribution in [1.82, 2.24) is 37.2 Å². The lowest BCUT2D eigenvalue weighted by Gasteiger charge is -2.31. The molecule has 0 saturated heterocycles. The van der Waals surface area contributed by atoms with Crippen LogP contribution in [0, 0.1) is 29.6 Å². The zero-order valence-electron chi connectivity index (χ0n) is 37.0. The van der Waals surface area contributed by atoms with Crippen LogP contribution in [0.2, 0.25) is 0 Å². The van der Waals surface area contributed by atoms with Crippen LogP contribution in [0.4, 0.5) is 0 Å². The number of hydrogen-bond acceptors (Lipinski definition) is 10. The van der Waals surface area contributed by atoms with Gasteiger partial charge in [-0.15, -0.1) is 0 Å². The van der Waals surface area contributed by atoms with Crippen LogP contribution in [-0.4, -0.2) is 112 Å². The van der Waals surface area contributed by atoms with Gasteiger partial charge in [0.1, 0.15) is 42.8 Å². The van der Waals surface area contributed by atoms with Crippen LogP contribution in [0.3, 0.4) is 0 Å². The Morgan fingerprint density at radius 3 is 1.35 bits per heavy atom. The third-order valence-electron chi connectivity index (χ3n) is 9.53. The highest BCUT2D eigenvalue weighted by Crippen LogP contribution is 2.13. The molecule has 18 nitrogen and oxygen atoms in total. The predicted molar refractivity (Wildman–Crippen MR) is 225 cm³/mol. The maximum atomic E-state index is 13.9. The van der Waals surface area contributed by atoms with Gasteiger partial charge in [-0.05, 0) is 54.9 Å². The minimum absolute atomic E-state index is 0.104. The van der Waals surface area contributed by atoms with Gasteiger partial charge in [0.05, 0.1) is 12.1 Å². The van der Waals surface area contributed by atoms with Gasteiger partial charge in [-0.25, -0.2) is 0 Å². The molecule has 7 amide bonds. The lowest BCUT2D eigenvalue weighted by molar-refractivity contribution is -0.139. The minimum atomic E-state index is -1.59. The first-order chi connectivity index (χ1) is 27.8. The summed E-state index contributed by atoms with van der Waals surface area (Å²) in [5, 5.41) is 37.6. The van der Waals surface area contributed by atoms with E-state index in [0.29, 0.717) is 6.42 Å². The molecule has 0 bridgehead atoms. The summed E-state index contributed by atoms with van der Waals surface area (Å²) in [4.78, 5) is 105. The zero-order valence-corrected chi connectivity index (χ0v) is 37.0. The van der Waals surface area contributed by atoms with E-state index in [4.69, 9.17) is 10.8 Å². The fourth-order valence-electron chi connectivity index (χ4n) is 6.19. The molecule has 1 aromatic carbocycles.